The van der Waals surface area contributed by atoms with Crippen molar-refractivity contribution in [3.8, 4) is 0 Å². The van der Waals surface area contributed by atoms with Crippen LogP contribution in [-0.4, -0.2) is 15.6 Å². The third-order valence-corrected chi connectivity index (χ3v) is 6.18. The van der Waals surface area contributed by atoms with Gasteiger partial charge in [-0.1, -0.05) is 89.2 Å². The van der Waals surface area contributed by atoms with E-state index in [9.17, 15) is 9.90 Å². The maximum Gasteiger partial charge on any atom is 0.352 e. The van der Waals surface area contributed by atoms with Crippen molar-refractivity contribution in [2.75, 3.05) is 0 Å². The zero-order valence-electron chi connectivity index (χ0n) is 17.0. The second-order valence-corrected chi connectivity index (χ2v) is 8.23. The summed E-state index contributed by atoms with van der Waals surface area (Å²) >= 11 is 3.57. The van der Waals surface area contributed by atoms with Crippen LogP contribution < -0.4 is 5.32 Å². The molecule has 0 unspecified atom stereocenters. The van der Waals surface area contributed by atoms with Gasteiger partial charge in [0.1, 0.15) is 5.69 Å². The SMILES string of the molecule is C=Cc1ccc(Cn2c(C(=O)O)c(CNCc3ccccc3Br)c3ccccc32)cc1. The van der Waals surface area contributed by atoms with Crippen LogP contribution in [0.3, 0.4) is 0 Å². The Morgan fingerprint density at radius 1 is 1.00 bits per heavy atom. The van der Waals surface area contributed by atoms with Crippen molar-refractivity contribution in [3.63, 3.8) is 0 Å². The lowest BCUT2D eigenvalue weighted by Gasteiger charge is -2.11. The predicted molar refractivity (Wildman–Crippen MR) is 129 cm³/mol. The van der Waals surface area contributed by atoms with E-state index in [1.54, 1.807) is 6.08 Å². The average Bonchev–Trinajstić information content (AvgIpc) is 3.09. The Morgan fingerprint density at radius 3 is 2.42 bits per heavy atom. The van der Waals surface area contributed by atoms with E-state index in [0.29, 0.717) is 25.3 Å². The summed E-state index contributed by atoms with van der Waals surface area (Å²) in [7, 11) is 0. The molecule has 1 heterocycles. The predicted octanol–water partition coefficient (Wildman–Crippen LogP) is 6.08. The van der Waals surface area contributed by atoms with Gasteiger partial charge in [-0.3, -0.25) is 0 Å². The summed E-state index contributed by atoms with van der Waals surface area (Å²) in [5.41, 5.74) is 5.26. The highest BCUT2D eigenvalue weighted by atomic mass is 79.9. The lowest BCUT2D eigenvalue weighted by Crippen LogP contribution is -2.17. The van der Waals surface area contributed by atoms with Crippen molar-refractivity contribution >= 4 is 38.9 Å². The number of para-hydroxylation sites is 1. The number of hydrogen-bond acceptors (Lipinski definition) is 2. The average molecular weight is 475 g/mol. The Bertz CT molecular complexity index is 1240. The normalized spacial score (nSPS) is 11.0. The van der Waals surface area contributed by atoms with Crippen LogP contribution >= 0.6 is 15.9 Å². The quantitative estimate of drug-likeness (QED) is 0.325. The summed E-state index contributed by atoms with van der Waals surface area (Å²) in [6, 6.07) is 23.9. The number of benzene rings is 3. The van der Waals surface area contributed by atoms with E-state index in [1.807, 2.05) is 77.4 Å². The van der Waals surface area contributed by atoms with Gasteiger partial charge in [-0.15, -0.1) is 0 Å². The van der Waals surface area contributed by atoms with E-state index in [2.05, 4.69) is 27.8 Å². The van der Waals surface area contributed by atoms with E-state index in [4.69, 9.17) is 0 Å². The van der Waals surface area contributed by atoms with Crippen molar-refractivity contribution in [3.05, 3.63) is 112 Å². The highest BCUT2D eigenvalue weighted by Crippen LogP contribution is 2.28. The molecule has 0 radical (unpaired) electrons. The molecule has 0 bridgehead atoms. The first-order valence-electron chi connectivity index (χ1n) is 10.1. The monoisotopic (exact) mass is 474 g/mol. The standard InChI is InChI=1S/C26H23BrN2O2/c1-2-18-11-13-19(14-12-18)17-29-24-10-6-4-8-21(24)22(25(29)26(30)31)16-28-15-20-7-3-5-9-23(20)27/h2-14,28H,1,15-17H2,(H,30,31). The molecule has 0 fully saturated rings. The molecule has 156 valence electrons. The zero-order valence-corrected chi connectivity index (χ0v) is 18.6. The molecule has 31 heavy (non-hydrogen) atoms. The molecule has 3 aromatic carbocycles. The van der Waals surface area contributed by atoms with Gasteiger partial charge in [0.2, 0.25) is 0 Å². The van der Waals surface area contributed by atoms with Gasteiger partial charge in [0.15, 0.2) is 0 Å². The summed E-state index contributed by atoms with van der Waals surface area (Å²) in [5, 5.41) is 14.5. The number of halogens is 1. The molecule has 4 rings (SSSR count). The van der Waals surface area contributed by atoms with Crippen molar-refractivity contribution in [1.82, 2.24) is 9.88 Å². The second kappa shape index (κ2) is 9.33. The number of carbonyl (C=O) groups is 1. The number of aromatic nitrogens is 1. The largest absolute Gasteiger partial charge is 0.477 e. The first kappa shape index (κ1) is 21.1. The molecule has 0 saturated heterocycles. The molecule has 4 nitrogen and oxygen atoms in total. The van der Waals surface area contributed by atoms with Crippen molar-refractivity contribution < 1.29 is 9.90 Å². The molecule has 4 aromatic rings. The van der Waals surface area contributed by atoms with E-state index in [1.165, 1.54) is 0 Å². The summed E-state index contributed by atoms with van der Waals surface area (Å²) in [4.78, 5) is 12.3. The number of hydrogen-bond donors (Lipinski definition) is 2. The van der Waals surface area contributed by atoms with Crippen molar-refractivity contribution in [2.45, 2.75) is 19.6 Å². The second-order valence-electron chi connectivity index (χ2n) is 7.38. The third-order valence-electron chi connectivity index (χ3n) is 5.41. The number of nitrogens with zero attached hydrogens (tertiary/aromatic N) is 1. The van der Waals surface area contributed by atoms with Gasteiger partial charge in [0.05, 0.1) is 0 Å². The van der Waals surface area contributed by atoms with Gasteiger partial charge in [-0.25, -0.2) is 4.79 Å². The first-order valence-corrected chi connectivity index (χ1v) is 10.9. The Labute approximate surface area is 190 Å². The lowest BCUT2D eigenvalue weighted by atomic mass is 10.1. The van der Waals surface area contributed by atoms with Gasteiger partial charge in [0, 0.05) is 40.6 Å². The summed E-state index contributed by atoms with van der Waals surface area (Å²) < 4.78 is 2.93. The van der Waals surface area contributed by atoms with Crippen LogP contribution in [0.1, 0.15) is 32.7 Å². The Morgan fingerprint density at radius 2 is 1.71 bits per heavy atom. The molecule has 0 atom stereocenters. The maximum absolute atomic E-state index is 12.3. The minimum Gasteiger partial charge on any atom is -0.477 e. The fourth-order valence-corrected chi connectivity index (χ4v) is 4.29. The lowest BCUT2D eigenvalue weighted by molar-refractivity contribution is 0.0685. The molecule has 0 saturated carbocycles. The van der Waals surface area contributed by atoms with Crippen LogP contribution in [0.15, 0.2) is 83.8 Å². The van der Waals surface area contributed by atoms with Crippen molar-refractivity contribution in [1.29, 1.82) is 0 Å². The number of fused-ring (bicyclic) bond motifs is 1. The van der Waals surface area contributed by atoms with E-state index in [0.717, 1.165) is 37.6 Å². The Kier molecular flexibility index (Phi) is 6.35. The minimum absolute atomic E-state index is 0.327. The van der Waals surface area contributed by atoms with Gasteiger partial charge in [-0.2, -0.15) is 0 Å². The molecular weight excluding hydrogens is 452 g/mol. The summed E-state index contributed by atoms with van der Waals surface area (Å²) in [5.74, 6) is -0.920. The number of carboxylic acids is 1. The number of nitrogens with one attached hydrogen (secondary N) is 1. The van der Waals surface area contributed by atoms with Crippen LogP contribution in [0.4, 0.5) is 0 Å². The fraction of sp³-hybridized carbons (Fsp3) is 0.115. The van der Waals surface area contributed by atoms with E-state index in [-0.39, 0.29) is 0 Å². The third kappa shape index (κ3) is 4.48. The van der Waals surface area contributed by atoms with Crippen molar-refractivity contribution in [2.24, 2.45) is 0 Å². The van der Waals surface area contributed by atoms with Crippen LogP contribution in [-0.2, 0) is 19.6 Å². The molecule has 0 aliphatic heterocycles. The molecule has 0 spiro atoms. The molecule has 1 aromatic heterocycles. The van der Waals surface area contributed by atoms with E-state index >= 15 is 0 Å². The van der Waals surface area contributed by atoms with Gasteiger partial charge in [0.25, 0.3) is 0 Å². The summed E-state index contributed by atoms with van der Waals surface area (Å²) in [6.07, 6.45) is 1.80. The maximum atomic E-state index is 12.3. The van der Waals surface area contributed by atoms with Crippen LogP contribution in [0, 0.1) is 0 Å². The molecule has 2 N–H and O–H groups in total. The number of aromatic carboxylic acids is 1. The molecular formula is C26H23BrN2O2. The molecule has 0 aliphatic rings. The Hall–Kier alpha value is -3.15. The van der Waals surface area contributed by atoms with Crippen LogP contribution in [0.2, 0.25) is 0 Å². The highest BCUT2D eigenvalue weighted by molar-refractivity contribution is 9.10. The van der Waals surface area contributed by atoms with Gasteiger partial charge in [-0.05, 0) is 28.8 Å². The van der Waals surface area contributed by atoms with E-state index < -0.39 is 5.97 Å². The van der Waals surface area contributed by atoms with Gasteiger partial charge >= 0.3 is 5.97 Å². The Balaban J connectivity index is 1.69. The molecule has 5 heteroatoms. The van der Waals surface area contributed by atoms with Crippen LogP contribution in [0.25, 0.3) is 17.0 Å². The topological polar surface area (TPSA) is 54.3 Å². The highest BCUT2D eigenvalue weighted by Gasteiger charge is 2.22. The number of rotatable bonds is 8. The smallest absolute Gasteiger partial charge is 0.352 e. The zero-order chi connectivity index (χ0) is 21.8. The van der Waals surface area contributed by atoms with Crippen LogP contribution in [0.5, 0.6) is 0 Å². The molecule has 0 amide bonds. The molecule has 0 aliphatic carbocycles. The minimum atomic E-state index is -0.920. The summed E-state index contributed by atoms with van der Waals surface area (Å²) in [6.45, 7) is 5.39. The fourth-order valence-electron chi connectivity index (χ4n) is 3.87. The number of carboxylic acid groups (broad SMARTS) is 1. The first-order chi connectivity index (χ1) is 15.1. The van der Waals surface area contributed by atoms with Gasteiger partial charge < -0.3 is 15.0 Å².